The SMILES string of the molecule is CCCC(=O)O[C@@H](C)C(=O)Nc1ccc(S(=O)(=O)N2CCCCC2)cc1. The second-order valence-corrected chi connectivity index (χ2v) is 8.30. The van der Waals surface area contributed by atoms with E-state index >= 15 is 0 Å². The van der Waals surface area contributed by atoms with Crippen LogP contribution in [0.25, 0.3) is 0 Å². The van der Waals surface area contributed by atoms with Crippen LogP contribution in [0.1, 0.15) is 46.0 Å². The summed E-state index contributed by atoms with van der Waals surface area (Å²) in [6.45, 7) is 4.44. The van der Waals surface area contributed by atoms with Gasteiger partial charge in [0.15, 0.2) is 6.10 Å². The highest BCUT2D eigenvalue weighted by Gasteiger charge is 2.26. The normalized spacial score (nSPS) is 16.7. The van der Waals surface area contributed by atoms with Crippen LogP contribution in [0.2, 0.25) is 0 Å². The van der Waals surface area contributed by atoms with Gasteiger partial charge in [-0.15, -0.1) is 0 Å². The van der Waals surface area contributed by atoms with Crippen LogP contribution >= 0.6 is 0 Å². The molecule has 0 spiro atoms. The molecule has 0 aromatic heterocycles. The third-order valence-corrected chi connectivity index (χ3v) is 6.12. The van der Waals surface area contributed by atoms with Gasteiger partial charge in [0, 0.05) is 25.2 Å². The van der Waals surface area contributed by atoms with E-state index in [1.807, 2.05) is 6.92 Å². The molecule has 1 fully saturated rings. The van der Waals surface area contributed by atoms with Gasteiger partial charge in [-0.1, -0.05) is 13.3 Å². The number of esters is 1. The van der Waals surface area contributed by atoms with Crippen LogP contribution in [-0.2, 0) is 24.3 Å². The summed E-state index contributed by atoms with van der Waals surface area (Å²) in [4.78, 5) is 23.7. The van der Waals surface area contributed by atoms with Crippen LogP contribution < -0.4 is 5.32 Å². The predicted octanol–water partition coefficient (Wildman–Crippen LogP) is 2.53. The largest absolute Gasteiger partial charge is 0.453 e. The first kappa shape index (κ1) is 20.4. The Kier molecular flexibility index (Phi) is 7.16. The highest BCUT2D eigenvalue weighted by atomic mass is 32.2. The van der Waals surface area contributed by atoms with Crippen LogP contribution in [0, 0.1) is 0 Å². The fraction of sp³-hybridized carbons (Fsp3) is 0.556. The van der Waals surface area contributed by atoms with Gasteiger partial charge in [0.05, 0.1) is 4.90 Å². The lowest BCUT2D eigenvalue weighted by atomic mass is 10.2. The van der Waals surface area contributed by atoms with Gasteiger partial charge < -0.3 is 10.1 Å². The summed E-state index contributed by atoms with van der Waals surface area (Å²) in [6.07, 6.45) is 2.81. The van der Waals surface area contributed by atoms with E-state index in [2.05, 4.69) is 5.32 Å². The number of ether oxygens (including phenoxy) is 1. The highest BCUT2D eigenvalue weighted by molar-refractivity contribution is 7.89. The first-order chi connectivity index (χ1) is 12.3. The Morgan fingerprint density at radius 1 is 1.15 bits per heavy atom. The quantitative estimate of drug-likeness (QED) is 0.732. The van der Waals surface area contributed by atoms with Crippen LogP contribution in [-0.4, -0.2) is 43.8 Å². The lowest BCUT2D eigenvalue weighted by Crippen LogP contribution is -2.35. The maximum Gasteiger partial charge on any atom is 0.306 e. The molecule has 1 amide bonds. The van der Waals surface area contributed by atoms with Crippen molar-refractivity contribution in [3.8, 4) is 0 Å². The summed E-state index contributed by atoms with van der Waals surface area (Å²) in [7, 11) is -3.49. The topological polar surface area (TPSA) is 92.8 Å². The summed E-state index contributed by atoms with van der Waals surface area (Å²) in [5.41, 5.74) is 0.450. The minimum Gasteiger partial charge on any atom is -0.453 e. The lowest BCUT2D eigenvalue weighted by Gasteiger charge is -2.25. The summed E-state index contributed by atoms with van der Waals surface area (Å²) in [5.74, 6) is -0.876. The Labute approximate surface area is 154 Å². The Morgan fingerprint density at radius 3 is 2.35 bits per heavy atom. The van der Waals surface area contributed by atoms with E-state index < -0.39 is 28.0 Å². The molecule has 26 heavy (non-hydrogen) atoms. The fourth-order valence-corrected chi connectivity index (χ4v) is 4.24. The lowest BCUT2D eigenvalue weighted by molar-refractivity contribution is -0.153. The Bertz CT molecular complexity index is 724. The van der Waals surface area contributed by atoms with Crippen LogP contribution in [0.3, 0.4) is 0 Å². The molecule has 0 radical (unpaired) electrons. The molecule has 8 heteroatoms. The summed E-state index contributed by atoms with van der Waals surface area (Å²) >= 11 is 0. The van der Waals surface area contributed by atoms with Crippen molar-refractivity contribution in [3.63, 3.8) is 0 Å². The van der Waals surface area contributed by atoms with Crippen molar-refractivity contribution in [3.05, 3.63) is 24.3 Å². The van der Waals surface area contributed by atoms with E-state index in [0.717, 1.165) is 19.3 Å². The van der Waals surface area contributed by atoms with Crippen LogP contribution in [0.5, 0.6) is 0 Å². The van der Waals surface area contributed by atoms with Crippen molar-refractivity contribution in [2.45, 2.75) is 57.0 Å². The first-order valence-corrected chi connectivity index (χ1v) is 10.4. The number of piperidine rings is 1. The fourth-order valence-electron chi connectivity index (χ4n) is 2.72. The zero-order valence-corrected chi connectivity index (χ0v) is 16.0. The van der Waals surface area contributed by atoms with Crippen LogP contribution in [0.4, 0.5) is 5.69 Å². The van der Waals surface area contributed by atoms with E-state index in [9.17, 15) is 18.0 Å². The molecule has 2 rings (SSSR count). The average Bonchev–Trinajstić information content (AvgIpc) is 2.63. The molecule has 7 nitrogen and oxygen atoms in total. The van der Waals surface area contributed by atoms with Gasteiger partial charge >= 0.3 is 5.97 Å². The zero-order chi connectivity index (χ0) is 19.2. The molecular weight excluding hydrogens is 356 g/mol. The number of benzene rings is 1. The maximum absolute atomic E-state index is 12.6. The van der Waals surface area contributed by atoms with Gasteiger partial charge in [-0.2, -0.15) is 4.31 Å². The summed E-state index contributed by atoms with van der Waals surface area (Å²) < 4.78 is 31.7. The predicted molar refractivity (Wildman–Crippen MR) is 98.1 cm³/mol. The number of hydrogen-bond donors (Lipinski definition) is 1. The summed E-state index contributed by atoms with van der Waals surface area (Å²) in [6, 6.07) is 6.03. The van der Waals surface area contributed by atoms with E-state index in [4.69, 9.17) is 4.74 Å². The van der Waals surface area contributed by atoms with Gasteiger partial charge in [0.25, 0.3) is 5.91 Å². The Morgan fingerprint density at radius 2 is 1.77 bits per heavy atom. The number of carbonyl (C=O) groups excluding carboxylic acids is 2. The third kappa shape index (κ3) is 5.28. The van der Waals surface area contributed by atoms with Gasteiger partial charge in [0.1, 0.15) is 0 Å². The smallest absolute Gasteiger partial charge is 0.306 e. The Balaban J connectivity index is 1.98. The molecule has 1 aliphatic heterocycles. The molecule has 0 unspecified atom stereocenters. The second-order valence-electron chi connectivity index (χ2n) is 6.36. The maximum atomic E-state index is 12.6. The van der Waals surface area contributed by atoms with Crippen molar-refractivity contribution in [2.75, 3.05) is 18.4 Å². The van der Waals surface area contributed by atoms with Gasteiger partial charge in [0.2, 0.25) is 10.0 Å². The highest BCUT2D eigenvalue weighted by Crippen LogP contribution is 2.22. The van der Waals surface area contributed by atoms with Gasteiger partial charge in [-0.3, -0.25) is 9.59 Å². The van der Waals surface area contributed by atoms with Gasteiger partial charge in [-0.25, -0.2) is 8.42 Å². The molecular formula is C18H26N2O5S. The van der Waals surface area contributed by atoms with Crippen molar-refractivity contribution in [1.29, 1.82) is 0 Å². The molecule has 144 valence electrons. The molecule has 1 heterocycles. The van der Waals surface area contributed by atoms with E-state index in [1.165, 1.54) is 35.5 Å². The average molecular weight is 382 g/mol. The second kappa shape index (κ2) is 9.14. The molecule has 1 atom stereocenters. The molecule has 0 bridgehead atoms. The minimum absolute atomic E-state index is 0.208. The number of hydrogen-bond acceptors (Lipinski definition) is 5. The van der Waals surface area contributed by atoms with Crippen LogP contribution in [0.15, 0.2) is 29.2 Å². The third-order valence-electron chi connectivity index (χ3n) is 4.21. The first-order valence-electron chi connectivity index (χ1n) is 8.95. The number of carbonyl (C=O) groups is 2. The Hall–Kier alpha value is -1.93. The van der Waals surface area contributed by atoms with Crippen molar-refractivity contribution >= 4 is 27.6 Å². The number of amides is 1. The zero-order valence-electron chi connectivity index (χ0n) is 15.2. The molecule has 1 aromatic rings. The van der Waals surface area contributed by atoms with E-state index in [0.29, 0.717) is 25.2 Å². The van der Waals surface area contributed by atoms with E-state index in [1.54, 1.807) is 0 Å². The minimum atomic E-state index is -3.49. The monoisotopic (exact) mass is 382 g/mol. The molecule has 1 N–H and O–H groups in total. The van der Waals surface area contributed by atoms with E-state index in [-0.39, 0.29) is 11.3 Å². The number of sulfonamides is 1. The number of nitrogens with one attached hydrogen (secondary N) is 1. The van der Waals surface area contributed by atoms with Crippen molar-refractivity contribution in [2.24, 2.45) is 0 Å². The molecule has 0 saturated carbocycles. The standard InChI is InChI=1S/C18H26N2O5S/c1-3-7-17(21)25-14(2)18(22)19-15-8-10-16(11-9-15)26(23,24)20-12-5-4-6-13-20/h8-11,14H,3-7,12-13H2,1-2H3,(H,19,22)/t14-/m0/s1. The van der Waals surface area contributed by atoms with Crippen molar-refractivity contribution in [1.82, 2.24) is 4.31 Å². The molecule has 1 saturated heterocycles. The van der Waals surface area contributed by atoms with Gasteiger partial charge in [-0.05, 0) is 50.5 Å². The van der Waals surface area contributed by atoms with Crippen molar-refractivity contribution < 1.29 is 22.7 Å². The molecule has 1 aliphatic rings. The number of nitrogens with zero attached hydrogens (tertiary/aromatic N) is 1. The number of anilines is 1. The number of rotatable bonds is 7. The summed E-state index contributed by atoms with van der Waals surface area (Å²) in [5, 5.41) is 2.62. The molecule has 1 aromatic carbocycles. The molecule has 0 aliphatic carbocycles.